The van der Waals surface area contributed by atoms with Crippen LogP contribution in [0.3, 0.4) is 0 Å². The summed E-state index contributed by atoms with van der Waals surface area (Å²) < 4.78 is 11.4. The zero-order chi connectivity index (χ0) is 17.5. The molecule has 140 valence electrons. The van der Waals surface area contributed by atoms with E-state index in [1.807, 2.05) is 55.5 Å². The number of ether oxygens (including phenoxy) is 2. The topological polar surface area (TPSA) is 59.6 Å². The number of carbonyl (C=O) groups excluding carboxylic acids is 1. The number of hydrogen-bond acceptors (Lipinski definition) is 4. The Morgan fingerprint density at radius 1 is 1.19 bits per heavy atom. The van der Waals surface area contributed by atoms with Gasteiger partial charge in [0.25, 0.3) is 0 Å². The highest BCUT2D eigenvalue weighted by atomic mass is 35.5. The van der Waals surface area contributed by atoms with E-state index in [-0.39, 0.29) is 24.4 Å². The number of halogens is 1. The molecule has 2 aromatic carbocycles. The van der Waals surface area contributed by atoms with Crippen molar-refractivity contribution in [1.82, 2.24) is 10.6 Å². The molecule has 1 aliphatic heterocycles. The third-order valence-electron chi connectivity index (χ3n) is 4.19. The van der Waals surface area contributed by atoms with Crippen LogP contribution in [0.5, 0.6) is 11.5 Å². The summed E-state index contributed by atoms with van der Waals surface area (Å²) in [4.78, 5) is 12.2. The van der Waals surface area contributed by atoms with Crippen molar-refractivity contribution in [2.45, 2.75) is 25.9 Å². The first-order valence-electron chi connectivity index (χ1n) is 8.61. The number of morpholine rings is 1. The first kappa shape index (κ1) is 20.2. The zero-order valence-electron chi connectivity index (χ0n) is 14.9. The minimum Gasteiger partial charge on any atom is -0.457 e. The monoisotopic (exact) mass is 376 g/mol. The summed E-state index contributed by atoms with van der Waals surface area (Å²) >= 11 is 0. The minimum absolute atomic E-state index is 0. The number of hydrogen-bond donors (Lipinski definition) is 2. The van der Waals surface area contributed by atoms with Crippen molar-refractivity contribution in [3.63, 3.8) is 0 Å². The molecule has 1 amide bonds. The molecule has 6 heteroatoms. The second-order valence-corrected chi connectivity index (χ2v) is 6.18. The molecular weight excluding hydrogens is 352 g/mol. The second kappa shape index (κ2) is 10.2. The molecule has 1 atom stereocenters. The van der Waals surface area contributed by atoms with Gasteiger partial charge in [0.2, 0.25) is 5.91 Å². The third kappa shape index (κ3) is 5.73. The van der Waals surface area contributed by atoms with Crippen LogP contribution in [0.15, 0.2) is 48.5 Å². The Kier molecular flexibility index (Phi) is 7.91. The number of para-hydroxylation sites is 2. The summed E-state index contributed by atoms with van der Waals surface area (Å²) in [6.07, 6.45) is 0.417. The maximum atomic E-state index is 12.2. The van der Waals surface area contributed by atoms with E-state index in [9.17, 15) is 4.79 Å². The third-order valence-corrected chi connectivity index (χ3v) is 4.19. The van der Waals surface area contributed by atoms with Crippen LogP contribution in [0, 0.1) is 6.92 Å². The fraction of sp³-hybridized carbons (Fsp3) is 0.350. The molecule has 26 heavy (non-hydrogen) atoms. The predicted molar refractivity (Wildman–Crippen MR) is 104 cm³/mol. The van der Waals surface area contributed by atoms with Gasteiger partial charge in [-0.15, -0.1) is 12.4 Å². The molecule has 0 bridgehead atoms. The maximum absolute atomic E-state index is 12.2. The van der Waals surface area contributed by atoms with Gasteiger partial charge in [-0.2, -0.15) is 0 Å². The standard InChI is InChI=1S/C20H24N2O3.ClH/c1-15-6-2-4-8-18(15)25-19-9-5-3-7-16(19)13-22-20(23)12-17-14-24-11-10-21-17;/h2-9,17,21H,10-14H2,1H3,(H,22,23);1H. The van der Waals surface area contributed by atoms with Gasteiger partial charge in [0.1, 0.15) is 11.5 Å². The van der Waals surface area contributed by atoms with Gasteiger partial charge in [-0.3, -0.25) is 4.79 Å². The Labute approximate surface area is 160 Å². The zero-order valence-corrected chi connectivity index (χ0v) is 15.7. The van der Waals surface area contributed by atoms with Gasteiger partial charge in [-0.25, -0.2) is 0 Å². The predicted octanol–water partition coefficient (Wildman–Crippen LogP) is 3.20. The van der Waals surface area contributed by atoms with Crippen LogP contribution in [-0.4, -0.2) is 31.7 Å². The first-order chi connectivity index (χ1) is 12.2. The first-order valence-corrected chi connectivity index (χ1v) is 8.61. The van der Waals surface area contributed by atoms with Gasteiger partial charge in [0.05, 0.1) is 13.2 Å². The van der Waals surface area contributed by atoms with Crippen molar-refractivity contribution >= 4 is 18.3 Å². The SMILES string of the molecule is Cc1ccccc1Oc1ccccc1CNC(=O)CC1COCCN1.Cl. The smallest absolute Gasteiger partial charge is 0.221 e. The van der Waals surface area contributed by atoms with Crippen molar-refractivity contribution in [2.75, 3.05) is 19.8 Å². The molecular formula is C20H25ClN2O3. The van der Waals surface area contributed by atoms with E-state index in [0.717, 1.165) is 29.2 Å². The van der Waals surface area contributed by atoms with Crippen LogP contribution in [0.25, 0.3) is 0 Å². The van der Waals surface area contributed by atoms with Crippen molar-refractivity contribution in [3.8, 4) is 11.5 Å². The van der Waals surface area contributed by atoms with Gasteiger partial charge < -0.3 is 20.1 Å². The minimum atomic E-state index is 0. The fourth-order valence-corrected chi connectivity index (χ4v) is 2.78. The Bertz CT molecular complexity index is 718. The molecule has 0 radical (unpaired) electrons. The van der Waals surface area contributed by atoms with Crippen molar-refractivity contribution in [3.05, 3.63) is 59.7 Å². The molecule has 1 heterocycles. The molecule has 1 aliphatic rings. The van der Waals surface area contributed by atoms with Crippen molar-refractivity contribution in [2.24, 2.45) is 0 Å². The highest BCUT2D eigenvalue weighted by Crippen LogP contribution is 2.27. The maximum Gasteiger partial charge on any atom is 0.221 e. The van der Waals surface area contributed by atoms with E-state index >= 15 is 0 Å². The van der Waals surface area contributed by atoms with Crippen LogP contribution in [0.4, 0.5) is 0 Å². The molecule has 3 rings (SSSR count). The number of aryl methyl sites for hydroxylation is 1. The summed E-state index contributed by atoms with van der Waals surface area (Å²) in [7, 11) is 0. The van der Waals surface area contributed by atoms with E-state index in [4.69, 9.17) is 9.47 Å². The van der Waals surface area contributed by atoms with Crippen LogP contribution >= 0.6 is 12.4 Å². The molecule has 5 nitrogen and oxygen atoms in total. The van der Waals surface area contributed by atoms with Gasteiger partial charge >= 0.3 is 0 Å². The molecule has 0 aliphatic carbocycles. The van der Waals surface area contributed by atoms with Gasteiger partial charge in [0.15, 0.2) is 0 Å². The summed E-state index contributed by atoms with van der Waals surface area (Å²) in [6, 6.07) is 15.7. The number of nitrogens with one attached hydrogen (secondary N) is 2. The average molecular weight is 377 g/mol. The molecule has 1 saturated heterocycles. The van der Waals surface area contributed by atoms with Crippen LogP contribution in [-0.2, 0) is 16.1 Å². The molecule has 1 fully saturated rings. The van der Waals surface area contributed by atoms with E-state index in [1.54, 1.807) is 0 Å². The highest BCUT2D eigenvalue weighted by molar-refractivity contribution is 5.85. The Morgan fingerprint density at radius 3 is 2.65 bits per heavy atom. The Hall–Kier alpha value is -2.08. The van der Waals surface area contributed by atoms with Crippen LogP contribution in [0.2, 0.25) is 0 Å². The largest absolute Gasteiger partial charge is 0.457 e. The van der Waals surface area contributed by atoms with Gasteiger partial charge in [-0.05, 0) is 24.6 Å². The van der Waals surface area contributed by atoms with E-state index in [1.165, 1.54) is 0 Å². The van der Waals surface area contributed by atoms with Crippen LogP contribution < -0.4 is 15.4 Å². The average Bonchev–Trinajstić information content (AvgIpc) is 2.64. The van der Waals surface area contributed by atoms with E-state index in [2.05, 4.69) is 10.6 Å². The van der Waals surface area contributed by atoms with E-state index < -0.39 is 0 Å². The summed E-state index contributed by atoms with van der Waals surface area (Å²) in [5.74, 6) is 1.59. The quantitative estimate of drug-likeness (QED) is 0.812. The van der Waals surface area contributed by atoms with Crippen molar-refractivity contribution in [1.29, 1.82) is 0 Å². The van der Waals surface area contributed by atoms with Gasteiger partial charge in [0, 0.05) is 31.1 Å². The molecule has 2 N–H and O–H groups in total. The molecule has 1 unspecified atom stereocenters. The number of amides is 1. The van der Waals surface area contributed by atoms with Gasteiger partial charge in [-0.1, -0.05) is 36.4 Å². The highest BCUT2D eigenvalue weighted by Gasteiger charge is 2.17. The molecule has 0 aromatic heterocycles. The van der Waals surface area contributed by atoms with Crippen LogP contribution in [0.1, 0.15) is 17.5 Å². The Balaban J connectivity index is 0.00000243. The normalized spacial score (nSPS) is 16.4. The lowest BCUT2D eigenvalue weighted by molar-refractivity contribution is -0.122. The lowest BCUT2D eigenvalue weighted by atomic mass is 10.1. The lowest BCUT2D eigenvalue weighted by Gasteiger charge is -2.23. The van der Waals surface area contributed by atoms with E-state index in [0.29, 0.717) is 26.2 Å². The summed E-state index contributed by atoms with van der Waals surface area (Å²) in [5, 5.41) is 6.26. The molecule has 0 spiro atoms. The number of rotatable bonds is 6. The number of carbonyl (C=O) groups is 1. The molecule has 0 saturated carbocycles. The summed E-state index contributed by atoms with van der Waals surface area (Å²) in [5.41, 5.74) is 2.02. The van der Waals surface area contributed by atoms with Crippen molar-refractivity contribution < 1.29 is 14.3 Å². The lowest BCUT2D eigenvalue weighted by Crippen LogP contribution is -2.44. The molecule has 2 aromatic rings. The second-order valence-electron chi connectivity index (χ2n) is 6.18. The summed E-state index contributed by atoms with van der Waals surface area (Å²) in [6.45, 7) is 4.54. The fourth-order valence-electron chi connectivity index (χ4n) is 2.78. The number of benzene rings is 2. The Morgan fingerprint density at radius 2 is 1.92 bits per heavy atom.